The predicted molar refractivity (Wildman–Crippen MR) is 94.0 cm³/mol. The average molecular weight is 346 g/mol. The van der Waals surface area contributed by atoms with Crippen LogP contribution in [0.3, 0.4) is 0 Å². The number of hydrogen-bond acceptors (Lipinski definition) is 8. The summed E-state index contributed by atoms with van der Waals surface area (Å²) in [5.41, 5.74) is 13.0. The third kappa shape index (κ3) is 4.50. The second kappa shape index (κ2) is 8.18. The predicted octanol–water partition coefficient (Wildman–Crippen LogP) is 1.61. The number of nitrogens with two attached hydrogens (primary N) is 2. The van der Waals surface area contributed by atoms with Crippen molar-refractivity contribution >= 4 is 17.5 Å². The summed E-state index contributed by atoms with van der Waals surface area (Å²) in [7, 11) is 3.04. The molecule has 4 N–H and O–H groups in total. The van der Waals surface area contributed by atoms with Gasteiger partial charge in [-0.2, -0.15) is 4.98 Å². The normalized spacial score (nSPS) is 10.4. The number of aromatic nitrogens is 2. The first-order chi connectivity index (χ1) is 12.0. The molecule has 25 heavy (non-hydrogen) atoms. The van der Waals surface area contributed by atoms with Gasteiger partial charge in [0.15, 0.2) is 17.3 Å². The number of ether oxygens (including phenoxy) is 3. The van der Waals surface area contributed by atoms with Gasteiger partial charge in [-0.25, -0.2) is 4.98 Å². The van der Waals surface area contributed by atoms with Crippen LogP contribution in [-0.4, -0.2) is 36.6 Å². The zero-order valence-electron chi connectivity index (χ0n) is 14.5. The van der Waals surface area contributed by atoms with Crippen molar-refractivity contribution in [1.82, 2.24) is 9.97 Å². The van der Waals surface area contributed by atoms with Crippen LogP contribution in [0.2, 0.25) is 0 Å². The molecular formula is C17H22N4O4. The van der Waals surface area contributed by atoms with Gasteiger partial charge in [-0.05, 0) is 17.7 Å². The van der Waals surface area contributed by atoms with E-state index >= 15 is 0 Å². The van der Waals surface area contributed by atoms with E-state index in [1.807, 2.05) is 6.07 Å². The summed E-state index contributed by atoms with van der Waals surface area (Å²) in [4.78, 5) is 19.5. The maximum Gasteiger partial charge on any atom is 0.221 e. The summed E-state index contributed by atoms with van der Waals surface area (Å²) in [6.45, 7) is 1.75. The zero-order chi connectivity index (χ0) is 18.4. The zero-order valence-corrected chi connectivity index (χ0v) is 14.5. The minimum absolute atomic E-state index is 0.0115. The first-order valence-corrected chi connectivity index (χ1v) is 7.74. The third-order valence-corrected chi connectivity index (χ3v) is 3.60. The van der Waals surface area contributed by atoms with E-state index in [-0.39, 0.29) is 18.3 Å². The van der Waals surface area contributed by atoms with Gasteiger partial charge in [0.1, 0.15) is 12.4 Å². The van der Waals surface area contributed by atoms with E-state index in [1.165, 1.54) is 14.2 Å². The Kier molecular flexibility index (Phi) is 5.99. The molecule has 2 aromatic rings. The highest BCUT2D eigenvalue weighted by molar-refractivity contribution is 5.79. The molecule has 1 heterocycles. The number of carbonyl (C=O) groups excluding carboxylic acids is 1. The Bertz CT molecular complexity index is 765. The number of nitrogens with zero attached hydrogens (tertiary/aromatic N) is 2. The van der Waals surface area contributed by atoms with Crippen LogP contribution < -0.4 is 25.7 Å². The molecule has 1 aromatic heterocycles. The Morgan fingerprint density at radius 3 is 2.48 bits per heavy atom. The number of hydrogen-bond donors (Lipinski definition) is 2. The van der Waals surface area contributed by atoms with Gasteiger partial charge in [0.25, 0.3) is 0 Å². The Morgan fingerprint density at radius 2 is 1.88 bits per heavy atom. The standard InChI is InChI=1S/C17H22N4O4/c1-4-12(22)9-25-14-7-10(6-13(23-2)15(14)24-3)5-11-8-20-17(19)21-16(11)18/h6-8H,4-5,9H2,1-3H3,(H4,18,19,20,21). The summed E-state index contributed by atoms with van der Waals surface area (Å²) >= 11 is 0. The number of anilines is 2. The summed E-state index contributed by atoms with van der Waals surface area (Å²) < 4.78 is 16.3. The van der Waals surface area contributed by atoms with Gasteiger partial charge >= 0.3 is 0 Å². The molecule has 8 nitrogen and oxygen atoms in total. The van der Waals surface area contributed by atoms with Crippen LogP contribution in [0.15, 0.2) is 18.3 Å². The Labute approximate surface area is 146 Å². The topological polar surface area (TPSA) is 123 Å². The van der Waals surface area contributed by atoms with E-state index in [9.17, 15) is 4.79 Å². The highest BCUT2D eigenvalue weighted by Crippen LogP contribution is 2.39. The minimum Gasteiger partial charge on any atom is -0.493 e. The fourth-order valence-corrected chi connectivity index (χ4v) is 2.24. The highest BCUT2D eigenvalue weighted by atomic mass is 16.5. The highest BCUT2D eigenvalue weighted by Gasteiger charge is 2.16. The molecule has 0 amide bonds. The van der Waals surface area contributed by atoms with E-state index in [4.69, 9.17) is 25.7 Å². The van der Waals surface area contributed by atoms with Crippen LogP contribution in [-0.2, 0) is 11.2 Å². The Morgan fingerprint density at radius 1 is 1.16 bits per heavy atom. The summed E-state index contributed by atoms with van der Waals surface area (Å²) in [6.07, 6.45) is 2.43. The molecule has 0 unspecified atom stereocenters. The van der Waals surface area contributed by atoms with Crippen LogP contribution in [0.4, 0.5) is 11.8 Å². The van der Waals surface area contributed by atoms with Gasteiger partial charge < -0.3 is 25.7 Å². The molecule has 0 aliphatic carbocycles. The van der Waals surface area contributed by atoms with Gasteiger partial charge in [0.2, 0.25) is 11.7 Å². The van der Waals surface area contributed by atoms with Crippen molar-refractivity contribution in [3.8, 4) is 17.2 Å². The van der Waals surface area contributed by atoms with Gasteiger partial charge in [0, 0.05) is 24.6 Å². The Balaban J connectivity index is 2.35. The van der Waals surface area contributed by atoms with Crippen LogP contribution in [0.25, 0.3) is 0 Å². The first-order valence-electron chi connectivity index (χ1n) is 7.74. The number of nitrogen functional groups attached to an aromatic ring is 2. The molecule has 0 saturated carbocycles. The molecule has 0 aliphatic heterocycles. The quantitative estimate of drug-likeness (QED) is 0.739. The van der Waals surface area contributed by atoms with Crippen molar-refractivity contribution in [2.24, 2.45) is 0 Å². The lowest BCUT2D eigenvalue weighted by Gasteiger charge is -2.16. The maximum absolute atomic E-state index is 11.5. The summed E-state index contributed by atoms with van der Waals surface area (Å²) in [5, 5.41) is 0. The molecule has 0 bridgehead atoms. The molecular weight excluding hydrogens is 324 g/mol. The second-order valence-corrected chi connectivity index (χ2v) is 5.33. The summed E-state index contributed by atoms with van der Waals surface area (Å²) in [5.74, 6) is 1.77. The number of methoxy groups -OCH3 is 2. The maximum atomic E-state index is 11.5. The molecule has 1 aromatic carbocycles. The number of Topliss-reactive ketones (excluding diaryl/α,β-unsaturated/α-hetero) is 1. The third-order valence-electron chi connectivity index (χ3n) is 3.60. The van der Waals surface area contributed by atoms with E-state index in [1.54, 1.807) is 19.2 Å². The average Bonchev–Trinajstić information content (AvgIpc) is 2.61. The molecule has 0 saturated heterocycles. The molecule has 134 valence electrons. The van der Waals surface area contributed by atoms with E-state index < -0.39 is 0 Å². The number of carbonyl (C=O) groups is 1. The second-order valence-electron chi connectivity index (χ2n) is 5.33. The lowest BCUT2D eigenvalue weighted by atomic mass is 10.1. The van der Waals surface area contributed by atoms with Gasteiger partial charge in [-0.3, -0.25) is 4.79 Å². The van der Waals surface area contributed by atoms with Crippen molar-refractivity contribution in [3.63, 3.8) is 0 Å². The largest absolute Gasteiger partial charge is 0.493 e. The van der Waals surface area contributed by atoms with Crippen LogP contribution in [0.1, 0.15) is 24.5 Å². The fraction of sp³-hybridized carbons (Fsp3) is 0.353. The van der Waals surface area contributed by atoms with Crippen LogP contribution in [0, 0.1) is 0 Å². The molecule has 0 aliphatic rings. The van der Waals surface area contributed by atoms with E-state index in [0.29, 0.717) is 35.9 Å². The number of benzene rings is 1. The van der Waals surface area contributed by atoms with Crippen molar-refractivity contribution in [1.29, 1.82) is 0 Å². The Hall–Kier alpha value is -3.03. The molecule has 0 fully saturated rings. The summed E-state index contributed by atoms with van der Waals surface area (Å²) in [6, 6.07) is 3.59. The van der Waals surface area contributed by atoms with Gasteiger partial charge in [0.05, 0.1) is 14.2 Å². The first kappa shape index (κ1) is 18.3. The van der Waals surface area contributed by atoms with Crippen molar-refractivity contribution < 1.29 is 19.0 Å². The van der Waals surface area contributed by atoms with E-state index in [0.717, 1.165) is 11.1 Å². The van der Waals surface area contributed by atoms with Gasteiger partial charge in [-0.15, -0.1) is 0 Å². The number of rotatable bonds is 8. The van der Waals surface area contributed by atoms with E-state index in [2.05, 4.69) is 9.97 Å². The van der Waals surface area contributed by atoms with Gasteiger partial charge in [-0.1, -0.05) is 6.92 Å². The molecule has 0 spiro atoms. The number of ketones is 1. The monoisotopic (exact) mass is 346 g/mol. The molecule has 8 heteroatoms. The lowest BCUT2D eigenvalue weighted by Crippen LogP contribution is -2.11. The smallest absolute Gasteiger partial charge is 0.221 e. The van der Waals surface area contributed by atoms with Crippen molar-refractivity contribution in [2.75, 3.05) is 32.3 Å². The lowest BCUT2D eigenvalue weighted by molar-refractivity contribution is -0.120. The SMILES string of the molecule is CCC(=O)COc1cc(Cc2cnc(N)nc2N)cc(OC)c1OC. The molecule has 0 atom stereocenters. The van der Waals surface area contributed by atoms with Crippen LogP contribution in [0.5, 0.6) is 17.2 Å². The minimum atomic E-state index is -0.0351. The van der Waals surface area contributed by atoms with Crippen LogP contribution >= 0.6 is 0 Å². The molecule has 0 radical (unpaired) electrons. The van der Waals surface area contributed by atoms with Crippen molar-refractivity contribution in [3.05, 3.63) is 29.5 Å². The molecule has 2 rings (SSSR count). The van der Waals surface area contributed by atoms with Crippen molar-refractivity contribution in [2.45, 2.75) is 19.8 Å². The fourth-order valence-electron chi connectivity index (χ4n) is 2.24.